The van der Waals surface area contributed by atoms with Crippen LogP contribution in [0.1, 0.15) is 25.1 Å². The van der Waals surface area contributed by atoms with Crippen molar-refractivity contribution < 1.29 is 4.79 Å². The summed E-state index contributed by atoms with van der Waals surface area (Å²) in [6.07, 6.45) is 1.37. The van der Waals surface area contributed by atoms with Crippen LogP contribution in [0.2, 0.25) is 0 Å². The molecule has 0 radical (unpaired) electrons. The van der Waals surface area contributed by atoms with Crippen molar-refractivity contribution in [2.75, 3.05) is 0 Å². The number of amides is 1. The van der Waals surface area contributed by atoms with E-state index in [4.69, 9.17) is 4.79 Å². The number of aromatic nitrogens is 1. The van der Waals surface area contributed by atoms with E-state index in [9.17, 15) is 0 Å². The standard InChI is InChI=1S/C13H17N.CH3NO/c1-4-12-10(3)11-8-6-7-9-13(11)14(12)5-2;2-1-3/h6-9H,4-5H2,1-3H3;1H,(H2,2,3). The summed E-state index contributed by atoms with van der Waals surface area (Å²) in [5, 5.41) is 1.41. The van der Waals surface area contributed by atoms with Crippen molar-refractivity contribution in [3.63, 3.8) is 0 Å². The first kappa shape index (κ1) is 13.3. The van der Waals surface area contributed by atoms with Crippen molar-refractivity contribution in [2.24, 2.45) is 5.73 Å². The molecule has 0 saturated heterocycles. The van der Waals surface area contributed by atoms with Crippen molar-refractivity contribution in [1.82, 2.24) is 4.57 Å². The highest BCUT2D eigenvalue weighted by Crippen LogP contribution is 2.25. The normalized spacial score (nSPS) is 9.82. The molecular weight excluding hydrogens is 212 g/mol. The molecule has 0 bridgehead atoms. The fourth-order valence-corrected chi connectivity index (χ4v) is 2.35. The Morgan fingerprint density at radius 3 is 2.41 bits per heavy atom. The number of primary amides is 1. The van der Waals surface area contributed by atoms with E-state index in [1.54, 1.807) is 0 Å². The van der Waals surface area contributed by atoms with Crippen LogP contribution in [0.3, 0.4) is 0 Å². The molecule has 92 valence electrons. The molecule has 2 rings (SSSR count). The van der Waals surface area contributed by atoms with Gasteiger partial charge in [-0.2, -0.15) is 0 Å². The molecule has 2 aromatic rings. The Balaban J connectivity index is 0.000000437. The van der Waals surface area contributed by atoms with Gasteiger partial charge in [-0.3, -0.25) is 4.79 Å². The summed E-state index contributed by atoms with van der Waals surface area (Å²) >= 11 is 0. The molecule has 1 aromatic carbocycles. The predicted molar refractivity (Wildman–Crippen MR) is 72.0 cm³/mol. The lowest BCUT2D eigenvalue weighted by Gasteiger charge is -2.05. The summed E-state index contributed by atoms with van der Waals surface area (Å²) in [5.74, 6) is 0. The molecule has 0 aliphatic rings. The first-order valence-electron chi connectivity index (χ1n) is 5.93. The third-order valence-electron chi connectivity index (χ3n) is 3.01. The first-order chi connectivity index (χ1) is 8.21. The van der Waals surface area contributed by atoms with Crippen LogP contribution in [-0.2, 0) is 17.8 Å². The minimum atomic E-state index is 0.250. The molecule has 0 fully saturated rings. The van der Waals surface area contributed by atoms with E-state index in [-0.39, 0.29) is 6.41 Å². The molecule has 0 atom stereocenters. The Labute approximate surface area is 102 Å². The maximum absolute atomic E-state index is 8.58. The molecule has 0 spiro atoms. The highest BCUT2D eigenvalue weighted by atomic mass is 16.1. The molecule has 2 N–H and O–H groups in total. The second kappa shape index (κ2) is 6.09. The van der Waals surface area contributed by atoms with E-state index in [0.717, 1.165) is 13.0 Å². The van der Waals surface area contributed by atoms with Gasteiger partial charge in [0.25, 0.3) is 0 Å². The predicted octanol–water partition coefficient (Wildman–Crippen LogP) is 2.63. The number of hydrogen-bond acceptors (Lipinski definition) is 1. The van der Waals surface area contributed by atoms with Gasteiger partial charge in [0.2, 0.25) is 6.41 Å². The van der Waals surface area contributed by atoms with Crippen LogP contribution in [0.5, 0.6) is 0 Å². The fraction of sp³-hybridized carbons (Fsp3) is 0.357. The van der Waals surface area contributed by atoms with Crippen molar-refractivity contribution in [3.05, 3.63) is 35.5 Å². The zero-order valence-electron chi connectivity index (χ0n) is 10.7. The zero-order valence-corrected chi connectivity index (χ0v) is 10.7. The van der Waals surface area contributed by atoms with Crippen molar-refractivity contribution in [1.29, 1.82) is 0 Å². The van der Waals surface area contributed by atoms with Gasteiger partial charge in [-0.25, -0.2) is 0 Å². The lowest BCUT2D eigenvalue weighted by atomic mass is 10.1. The lowest BCUT2D eigenvalue weighted by molar-refractivity contribution is -0.106. The van der Waals surface area contributed by atoms with Gasteiger partial charge < -0.3 is 10.3 Å². The van der Waals surface area contributed by atoms with Crippen LogP contribution in [0.25, 0.3) is 10.9 Å². The van der Waals surface area contributed by atoms with Crippen LogP contribution in [0, 0.1) is 6.92 Å². The number of carbonyl (C=O) groups excluding carboxylic acids is 1. The molecule has 17 heavy (non-hydrogen) atoms. The van der Waals surface area contributed by atoms with Crippen LogP contribution >= 0.6 is 0 Å². The Morgan fingerprint density at radius 2 is 1.88 bits per heavy atom. The maximum atomic E-state index is 8.58. The number of benzene rings is 1. The maximum Gasteiger partial charge on any atom is 0.204 e. The number of aryl methyl sites for hydroxylation is 2. The number of carbonyl (C=O) groups is 1. The molecule has 0 saturated carbocycles. The second-order valence-electron chi connectivity index (χ2n) is 3.82. The summed E-state index contributed by atoms with van der Waals surface area (Å²) in [7, 11) is 0. The van der Waals surface area contributed by atoms with Gasteiger partial charge in [0, 0.05) is 23.1 Å². The van der Waals surface area contributed by atoms with E-state index >= 15 is 0 Å². The van der Waals surface area contributed by atoms with Crippen LogP contribution in [-0.4, -0.2) is 11.0 Å². The minimum Gasteiger partial charge on any atom is -0.372 e. The molecule has 0 aliphatic heterocycles. The molecular formula is C14H20N2O. The van der Waals surface area contributed by atoms with E-state index in [0.29, 0.717) is 0 Å². The summed E-state index contributed by atoms with van der Waals surface area (Å²) < 4.78 is 2.42. The van der Waals surface area contributed by atoms with Gasteiger partial charge in [0.05, 0.1) is 0 Å². The lowest BCUT2D eigenvalue weighted by Crippen LogP contribution is -1.99. The Morgan fingerprint density at radius 1 is 1.29 bits per heavy atom. The Hall–Kier alpha value is -1.77. The topological polar surface area (TPSA) is 48.0 Å². The van der Waals surface area contributed by atoms with Crippen molar-refractivity contribution in [3.8, 4) is 0 Å². The number of hydrogen-bond donors (Lipinski definition) is 1. The first-order valence-corrected chi connectivity index (χ1v) is 5.93. The average molecular weight is 232 g/mol. The van der Waals surface area contributed by atoms with Gasteiger partial charge in [0.1, 0.15) is 0 Å². The van der Waals surface area contributed by atoms with Gasteiger partial charge in [0.15, 0.2) is 0 Å². The summed E-state index contributed by atoms with van der Waals surface area (Å²) in [6, 6.07) is 8.67. The summed E-state index contributed by atoms with van der Waals surface area (Å²) in [5.41, 5.74) is 8.48. The molecule has 0 aliphatic carbocycles. The number of rotatable bonds is 2. The molecule has 0 unspecified atom stereocenters. The molecule has 3 heteroatoms. The van der Waals surface area contributed by atoms with E-state index in [1.807, 2.05) is 0 Å². The number of fused-ring (bicyclic) bond motifs is 1. The Kier molecular flexibility index (Phi) is 4.76. The number of nitrogens with zero attached hydrogens (tertiary/aromatic N) is 1. The van der Waals surface area contributed by atoms with Crippen LogP contribution in [0.15, 0.2) is 24.3 Å². The monoisotopic (exact) mass is 232 g/mol. The number of para-hydroxylation sites is 1. The van der Waals surface area contributed by atoms with Gasteiger partial charge in [-0.05, 0) is 31.9 Å². The highest BCUT2D eigenvalue weighted by Gasteiger charge is 2.09. The third-order valence-corrected chi connectivity index (χ3v) is 3.01. The minimum absolute atomic E-state index is 0.250. The van der Waals surface area contributed by atoms with Crippen LogP contribution < -0.4 is 5.73 Å². The van der Waals surface area contributed by atoms with Crippen molar-refractivity contribution >= 4 is 17.3 Å². The van der Waals surface area contributed by atoms with Gasteiger partial charge in [-0.15, -0.1) is 0 Å². The quantitative estimate of drug-likeness (QED) is 0.795. The van der Waals surface area contributed by atoms with E-state index in [1.165, 1.54) is 22.2 Å². The summed E-state index contributed by atoms with van der Waals surface area (Å²) in [6.45, 7) is 7.74. The molecule has 1 amide bonds. The third kappa shape index (κ3) is 2.49. The highest BCUT2D eigenvalue weighted by molar-refractivity contribution is 5.85. The molecule has 1 heterocycles. The summed E-state index contributed by atoms with van der Waals surface area (Å²) in [4.78, 5) is 8.58. The van der Waals surface area contributed by atoms with Gasteiger partial charge in [-0.1, -0.05) is 25.1 Å². The zero-order chi connectivity index (χ0) is 12.8. The second-order valence-corrected chi connectivity index (χ2v) is 3.82. The Bertz CT molecular complexity index is 500. The largest absolute Gasteiger partial charge is 0.372 e. The van der Waals surface area contributed by atoms with Crippen molar-refractivity contribution in [2.45, 2.75) is 33.7 Å². The number of nitrogens with two attached hydrogens (primary N) is 1. The molecule has 1 aromatic heterocycles. The van der Waals surface area contributed by atoms with Crippen LogP contribution in [0.4, 0.5) is 0 Å². The van der Waals surface area contributed by atoms with Gasteiger partial charge >= 0.3 is 0 Å². The smallest absolute Gasteiger partial charge is 0.204 e. The fourth-order valence-electron chi connectivity index (χ4n) is 2.35. The van der Waals surface area contributed by atoms with E-state index in [2.05, 4.69) is 55.3 Å². The van der Waals surface area contributed by atoms with E-state index < -0.39 is 0 Å². The average Bonchev–Trinajstić information content (AvgIpc) is 2.63. The SMILES string of the molecule is CCc1c(C)c2ccccc2n1CC.NC=O. The molecule has 3 nitrogen and oxygen atoms in total.